The van der Waals surface area contributed by atoms with Gasteiger partial charge in [-0.2, -0.15) is 4.52 Å². The monoisotopic (exact) mass is 755 g/mol. The van der Waals surface area contributed by atoms with Crippen molar-refractivity contribution in [2.75, 3.05) is 38.6 Å². The second kappa shape index (κ2) is 17.6. The maximum absolute atomic E-state index is 11.8. The summed E-state index contributed by atoms with van der Waals surface area (Å²) in [5.41, 5.74) is 6.14. The minimum absolute atomic E-state index is 0.0520. The number of methoxy groups -OCH3 is 1. The highest BCUT2D eigenvalue weighted by molar-refractivity contribution is 5.87. The van der Waals surface area contributed by atoms with E-state index in [9.17, 15) is 4.79 Å². The van der Waals surface area contributed by atoms with Crippen LogP contribution in [0.25, 0.3) is 22.6 Å². The molecule has 0 aliphatic heterocycles. The van der Waals surface area contributed by atoms with Crippen LogP contribution in [-0.4, -0.2) is 95.1 Å². The first-order valence-electron chi connectivity index (χ1n) is 19.1. The number of rotatable bonds is 20. The highest BCUT2D eigenvalue weighted by Crippen LogP contribution is 2.30. The zero-order valence-corrected chi connectivity index (χ0v) is 32.3. The van der Waals surface area contributed by atoms with Crippen LogP contribution in [0.4, 0.5) is 5.82 Å². The van der Waals surface area contributed by atoms with Gasteiger partial charge < -0.3 is 20.7 Å². The van der Waals surface area contributed by atoms with Gasteiger partial charge in [-0.25, -0.2) is 9.48 Å². The quantitative estimate of drug-likeness (QED) is 0.0719. The molecule has 290 valence electrons. The number of aromatic nitrogens is 10. The van der Waals surface area contributed by atoms with Crippen molar-refractivity contribution >= 4 is 23.0 Å². The van der Waals surface area contributed by atoms with Gasteiger partial charge in [0.2, 0.25) is 0 Å². The van der Waals surface area contributed by atoms with Gasteiger partial charge in [-0.1, -0.05) is 103 Å². The lowest BCUT2D eigenvalue weighted by atomic mass is 9.93. The molecule has 56 heavy (non-hydrogen) atoms. The number of ether oxygens (including phenoxy) is 1. The number of allylic oxidation sites excluding steroid dienone is 4. The van der Waals surface area contributed by atoms with E-state index in [0.29, 0.717) is 24.6 Å². The molecule has 3 N–H and O–H groups in total. The number of nitrogens with zero attached hydrogens (tertiary/aromatic N) is 10. The highest BCUT2D eigenvalue weighted by atomic mass is 16.5. The van der Waals surface area contributed by atoms with Crippen molar-refractivity contribution in [1.29, 1.82) is 0 Å². The number of anilines is 1. The maximum atomic E-state index is 11.8. The molecule has 0 bridgehead atoms. The standard InChI is InChI=1S/C41H49N13O2/c1-29(24-52-26-36(46-50-52)40(55)56-4)43-23-34(21-30-13-7-5-8-14-30)53-25-33(45-51-53)19-12-20-42-27-41(2,3)28-44-38-35(31-17-11-18-31)22-37-47-48-39(54(37)49-38)32-15-9-6-10-16-32/h5-11,13-18,22,25-26,29,34,42-43H,12,19-21,23-24,27-28H2,1-4H3,(H,44,49). The van der Waals surface area contributed by atoms with Gasteiger partial charge in [0.1, 0.15) is 0 Å². The number of aryl methyl sites for hydroxylation is 1. The fourth-order valence-corrected chi connectivity index (χ4v) is 6.55. The molecule has 15 heteroatoms. The molecule has 1 aliphatic carbocycles. The molecular weight excluding hydrogens is 707 g/mol. The summed E-state index contributed by atoms with van der Waals surface area (Å²) >= 11 is 0. The van der Waals surface area contributed by atoms with Gasteiger partial charge in [-0.05, 0) is 55.3 Å². The third-order valence-corrected chi connectivity index (χ3v) is 9.75. The van der Waals surface area contributed by atoms with E-state index in [-0.39, 0.29) is 23.2 Å². The summed E-state index contributed by atoms with van der Waals surface area (Å²) in [7, 11) is 1.33. The predicted molar refractivity (Wildman–Crippen MR) is 215 cm³/mol. The van der Waals surface area contributed by atoms with Crippen LogP contribution in [0.1, 0.15) is 60.5 Å². The van der Waals surface area contributed by atoms with Gasteiger partial charge in [0.15, 0.2) is 23.0 Å². The van der Waals surface area contributed by atoms with Crippen molar-refractivity contribution in [2.24, 2.45) is 5.41 Å². The molecule has 2 unspecified atom stereocenters. The summed E-state index contributed by atoms with van der Waals surface area (Å²) < 4.78 is 10.2. The van der Waals surface area contributed by atoms with Crippen LogP contribution < -0.4 is 16.0 Å². The van der Waals surface area contributed by atoms with Crippen LogP contribution in [0.15, 0.2) is 97.4 Å². The molecule has 4 aromatic heterocycles. The van der Waals surface area contributed by atoms with Gasteiger partial charge in [-0.3, -0.25) is 4.68 Å². The van der Waals surface area contributed by atoms with Crippen LogP contribution >= 0.6 is 0 Å². The Labute approximate surface area is 326 Å². The first-order valence-corrected chi connectivity index (χ1v) is 19.1. The number of esters is 1. The lowest BCUT2D eigenvalue weighted by Gasteiger charge is -2.26. The summed E-state index contributed by atoms with van der Waals surface area (Å²) in [4.78, 5) is 11.8. The van der Waals surface area contributed by atoms with Crippen molar-refractivity contribution < 1.29 is 9.53 Å². The second-order valence-corrected chi connectivity index (χ2v) is 15.0. The average molecular weight is 756 g/mol. The summed E-state index contributed by atoms with van der Waals surface area (Å²) in [6, 6.07) is 22.6. The largest absolute Gasteiger partial charge is 0.464 e. The molecule has 2 aromatic carbocycles. The Hall–Kier alpha value is -6.06. The van der Waals surface area contributed by atoms with Crippen molar-refractivity contribution in [3.63, 3.8) is 0 Å². The molecule has 0 amide bonds. The summed E-state index contributed by atoms with van der Waals surface area (Å²) in [6.07, 6.45) is 12.4. The van der Waals surface area contributed by atoms with Crippen LogP contribution in [0.3, 0.4) is 0 Å². The van der Waals surface area contributed by atoms with E-state index in [4.69, 9.17) is 9.84 Å². The maximum Gasteiger partial charge on any atom is 0.360 e. The highest BCUT2D eigenvalue weighted by Gasteiger charge is 2.22. The van der Waals surface area contributed by atoms with Crippen molar-refractivity contribution in [3.8, 4) is 11.4 Å². The van der Waals surface area contributed by atoms with E-state index < -0.39 is 5.97 Å². The van der Waals surface area contributed by atoms with Crippen molar-refractivity contribution in [2.45, 2.75) is 58.7 Å². The molecule has 15 nitrogen and oxygen atoms in total. The number of hydrogen-bond acceptors (Lipinski definition) is 12. The van der Waals surface area contributed by atoms with E-state index in [2.05, 4.69) is 116 Å². The number of carbonyl (C=O) groups excluding carboxylic acids is 1. The van der Waals surface area contributed by atoms with Crippen LogP contribution in [-0.2, 0) is 24.1 Å². The smallest absolute Gasteiger partial charge is 0.360 e. The molecule has 0 saturated carbocycles. The molecular formula is C41H49N13O2. The first kappa shape index (κ1) is 38.2. The van der Waals surface area contributed by atoms with Gasteiger partial charge in [0.05, 0.1) is 31.6 Å². The molecule has 0 radical (unpaired) electrons. The van der Waals surface area contributed by atoms with Gasteiger partial charge >= 0.3 is 5.97 Å². The molecule has 7 rings (SSSR count). The number of hydrogen-bond donors (Lipinski definition) is 3. The number of nitrogens with one attached hydrogen (secondary N) is 3. The molecule has 0 saturated heterocycles. The summed E-state index contributed by atoms with van der Waals surface area (Å²) in [5, 5.41) is 41.9. The average Bonchev–Trinajstić information content (AvgIpc) is 3.96. The SMILES string of the molecule is COC(=O)c1cn(CC(C)NCC(Cc2ccccc2)n2cc(CCCNCC(C)(C)CNc3nn4c(-c5ccccc5)nnc4cc3C3=CC=C3)nn2)nn1. The van der Waals surface area contributed by atoms with Crippen LogP contribution in [0, 0.1) is 5.41 Å². The predicted octanol–water partition coefficient (Wildman–Crippen LogP) is 4.84. The normalized spacial score (nSPS) is 13.7. The van der Waals surface area contributed by atoms with Gasteiger partial charge in [0.25, 0.3) is 0 Å². The molecule has 2 atom stereocenters. The Bertz CT molecular complexity index is 2270. The zero-order valence-electron chi connectivity index (χ0n) is 32.3. The fourth-order valence-electron chi connectivity index (χ4n) is 6.55. The number of fused-ring (bicyclic) bond motifs is 1. The van der Waals surface area contributed by atoms with E-state index in [0.717, 1.165) is 67.1 Å². The van der Waals surface area contributed by atoms with E-state index >= 15 is 0 Å². The zero-order chi connectivity index (χ0) is 38.9. The number of carbonyl (C=O) groups is 1. The van der Waals surface area contributed by atoms with Gasteiger partial charge in [-0.15, -0.1) is 25.5 Å². The summed E-state index contributed by atoms with van der Waals surface area (Å²) in [6.45, 7) is 10.2. The Balaban J connectivity index is 0.906. The number of benzene rings is 2. The third kappa shape index (κ3) is 9.59. The molecule has 1 aliphatic rings. The van der Waals surface area contributed by atoms with Crippen molar-refractivity contribution in [3.05, 3.63) is 120 Å². The lowest BCUT2D eigenvalue weighted by molar-refractivity contribution is 0.0594. The van der Waals surface area contributed by atoms with Crippen LogP contribution in [0.5, 0.6) is 0 Å². The third-order valence-electron chi connectivity index (χ3n) is 9.75. The molecule has 0 fully saturated rings. The topological polar surface area (TPSA) is 167 Å². The van der Waals surface area contributed by atoms with Crippen molar-refractivity contribution in [1.82, 2.24) is 60.4 Å². The van der Waals surface area contributed by atoms with Crippen LogP contribution in [0.2, 0.25) is 0 Å². The Morgan fingerprint density at radius 2 is 1.73 bits per heavy atom. The van der Waals surface area contributed by atoms with E-state index in [1.54, 1.807) is 10.9 Å². The molecule has 6 aromatic rings. The Morgan fingerprint density at radius 3 is 2.48 bits per heavy atom. The second-order valence-electron chi connectivity index (χ2n) is 15.0. The van der Waals surface area contributed by atoms with Gasteiger partial charge in [0, 0.05) is 43.0 Å². The Morgan fingerprint density at radius 1 is 0.946 bits per heavy atom. The Kier molecular flexibility index (Phi) is 12.0. The first-order chi connectivity index (χ1) is 27.2. The molecule has 4 heterocycles. The van der Waals surface area contributed by atoms with E-state index in [1.807, 2.05) is 51.7 Å². The minimum Gasteiger partial charge on any atom is -0.464 e. The lowest BCUT2D eigenvalue weighted by Crippen LogP contribution is -2.36. The minimum atomic E-state index is -0.502. The fraction of sp³-hybridized carbons (Fsp3) is 0.366. The van der Waals surface area contributed by atoms with E-state index in [1.165, 1.54) is 12.7 Å². The molecule has 0 spiro atoms. The summed E-state index contributed by atoms with van der Waals surface area (Å²) in [5.74, 6) is 1.02.